The number of likely N-dealkylation sites (N-methyl/N-ethyl adjacent to an activating group) is 1. The van der Waals surface area contributed by atoms with Crippen LogP contribution in [0.2, 0.25) is 0 Å². The number of rotatable bonds is 8. The van der Waals surface area contributed by atoms with Crippen molar-refractivity contribution in [1.82, 2.24) is 20.5 Å². The molecule has 0 aromatic carbocycles. The van der Waals surface area contributed by atoms with E-state index in [0.717, 1.165) is 20.5 Å². The van der Waals surface area contributed by atoms with Gasteiger partial charge in [0, 0.05) is 23.2 Å². The number of nitrogens with zero attached hydrogens (tertiary/aromatic N) is 2. The Balaban J connectivity index is 1.91. The molecule has 6 nitrogen and oxygen atoms in total. The number of nitrogens with one attached hydrogen (secondary N) is 2. The second kappa shape index (κ2) is 9.07. The van der Waals surface area contributed by atoms with Crippen molar-refractivity contribution in [3.8, 4) is 10.6 Å². The van der Waals surface area contributed by atoms with Gasteiger partial charge in [0.1, 0.15) is 5.01 Å². The van der Waals surface area contributed by atoms with Crippen LogP contribution in [0.25, 0.3) is 10.6 Å². The second-order valence-electron chi connectivity index (χ2n) is 6.20. The standard InChI is InChI=1S/C17H24N4O2S2/c1-11(2)19-16(23)8-21(4)9-17-20-14(10-24-17)15-6-5-13(25-15)7-18-12(3)22/h5-6,10-11H,7-9H2,1-4H3,(H,18,22)(H,19,23). The van der Waals surface area contributed by atoms with Crippen molar-refractivity contribution in [2.24, 2.45) is 0 Å². The van der Waals surface area contributed by atoms with E-state index in [1.165, 1.54) is 6.92 Å². The lowest BCUT2D eigenvalue weighted by Gasteiger charge is -2.16. The molecule has 0 unspecified atom stereocenters. The SMILES string of the molecule is CC(=O)NCc1ccc(-c2csc(CN(C)CC(=O)NC(C)C)n2)s1. The van der Waals surface area contributed by atoms with Crippen LogP contribution in [0.5, 0.6) is 0 Å². The number of thiophene rings is 1. The van der Waals surface area contributed by atoms with E-state index >= 15 is 0 Å². The fourth-order valence-corrected chi connectivity index (χ4v) is 4.07. The summed E-state index contributed by atoms with van der Waals surface area (Å²) in [5, 5.41) is 8.70. The summed E-state index contributed by atoms with van der Waals surface area (Å²) in [7, 11) is 1.91. The van der Waals surface area contributed by atoms with E-state index in [0.29, 0.717) is 19.6 Å². The van der Waals surface area contributed by atoms with Crippen LogP contribution in [0.4, 0.5) is 0 Å². The quantitative estimate of drug-likeness (QED) is 0.738. The molecule has 0 bridgehead atoms. The van der Waals surface area contributed by atoms with E-state index in [9.17, 15) is 9.59 Å². The van der Waals surface area contributed by atoms with Crippen LogP contribution in [0, 0.1) is 0 Å². The van der Waals surface area contributed by atoms with Crippen LogP contribution < -0.4 is 10.6 Å². The molecule has 2 N–H and O–H groups in total. The predicted molar refractivity (Wildman–Crippen MR) is 103 cm³/mol. The number of aromatic nitrogens is 1. The smallest absolute Gasteiger partial charge is 0.234 e. The molecule has 8 heteroatoms. The first-order valence-electron chi connectivity index (χ1n) is 8.09. The van der Waals surface area contributed by atoms with E-state index in [2.05, 4.69) is 15.6 Å². The van der Waals surface area contributed by atoms with Gasteiger partial charge in [0.15, 0.2) is 0 Å². The highest BCUT2D eigenvalue weighted by Gasteiger charge is 2.12. The highest BCUT2D eigenvalue weighted by Crippen LogP contribution is 2.29. The molecule has 2 heterocycles. The van der Waals surface area contributed by atoms with Crippen molar-refractivity contribution in [3.05, 3.63) is 27.4 Å². The molecule has 0 saturated carbocycles. The molecular weight excluding hydrogens is 356 g/mol. The van der Waals surface area contributed by atoms with E-state index in [-0.39, 0.29) is 17.9 Å². The highest BCUT2D eigenvalue weighted by atomic mass is 32.1. The normalized spacial score (nSPS) is 11.1. The number of thiazole rings is 1. The molecule has 2 amide bonds. The van der Waals surface area contributed by atoms with Crippen LogP contribution in [-0.4, -0.2) is 41.3 Å². The number of hydrogen-bond donors (Lipinski definition) is 2. The van der Waals surface area contributed by atoms with Gasteiger partial charge in [-0.2, -0.15) is 0 Å². The van der Waals surface area contributed by atoms with E-state index < -0.39 is 0 Å². The summed E-state index contributed by atoms with van der Waals surface area (Å²) >= 11 is 3.22. The molecule has 0 aliphatic heterocycles. The zero-order chi connectivity index (χ0) is 18.4. The molecule has 0 saturated heterocycles. The summed E-state index contributed by atoms with van der Waals surface area (Å²) in [4.78, 5) is 31.6. The van der Waals surface area contributed by atoms with E-state index in [1.807, 2.05) is 43.3 Å². The minimum absolute atomic E-state index is 0.0233. The average Bonchev–Trinajstić information content (AvgIpc) is 3.12. The minimum atomic E-state index is -0.0320. The first-order valence-corrected chi connectivity index (χ1v) is 9.79. The monoisotopic (exact) mass is 380 g/mol. The van der Waals surface area contributed by atoms with E-state index in [1.54, 1.807) is 22.7 Å². The number of amides is 2. The van der Waals surface area contributed by atoms with Gasteiger partial charge in [0.2, 0.25) is 11.8 Å². The third-order valence-electron chi connectivity index (χ3n) is 3.25. The maximum Gasteiger partial charge on any atom is 0.234 e. The zero-order valence-electron chi connectivity index (χ0n) is 15.0. The molecule has 136 valence electrons. The van der Waals surface area contributed by atoms with Gasteiger partial charge in [0.05, 0.1) is 30.2 Å². The lowest BCUT2D eigenvalue weighted by molar-refractivity contribution is -0.122. The van der Waals surface area contributed by atoms with Gasteiger partial charge in [-0.15, -0.1) is 22.7 Å². The molecule has 0 spiro atoms. The van der Waals surface area contributed by atoms with Gasteiger partial charge in [-0.25, -0.2) is 4.98 Å². The molecule has 0 radical (unpaired) electrons. The Morgan fingerprint density at radius 1 is 1.32 bits per heavy atom. The van der Waals surface area contributed by atoms with Crippen LogP contribution in [0.3, 0.4) is 0 Å². The summed E-state index contributed by atoms with van der Waals surface area (Å²) in [5.74, 6) is -0.00872. The number of carbonyl (C=O) groups excluding carboxylic acids is 2. The fraction of sp³-hybridized carbons (Fsp3) is 0.471. The van der Waals surface area contributed by atoms with Gasteiger partial charge in [-0.1, -0.05) is 0 Å². The Bertz CT molecular complexity index is 724. The minimum Gasteiger partial charge on any atom is -0.353 e. The maximum absolute atomic E-state index is 11.8. The maximum atomic E-state index is 11.8. The molecular formula is C17H24N4O2S2. The van der Waals surface area contributed by atoms with Crippen molar-refractivity contribution in [2.75, 3.05) is 13.6 Å². The molecule has 0 aliphatic carbocycles. The fourth-order valence-electron chi connectivity index (χ4n) is 2.22. The Morgan fingerprint density at radius 3 is 2.76 bits per heavy atom. The third-order valence-corrected chi connectivity index (χ3v) is 5.19. The van der Waals surface area contributed by atoms with Crippen molar-refractivity contribution in [1.29, 1.82) is 0 Å². The van der Waals surface area contributed by atoms with Crippen LogP contribution in [0.15, 0.2) is 17.5 Å². The van der Waals surface area contributed by atoms with E-state index in [4.69, 9.17) is 0 Å². The number of hydrogen-bond acceptors (Lipinski definition) is 6. The summed E-state index contributed by atoms with van der Waals surface area (Å²) in [6, 6.07) is 4.19. The Morgan fingerprint density at radius 2 is 2.08 bits per heavy atom. The molecule has 0 aliphatic rings. The molecule has 0 fully saturated rings. The summed E-state index contributed by atoms with van der Waals surface area (Å²) in [6.45, 7) is 6.95. The average molecular weight is 381 g/mol. The molecule has 2 rings (SSSR count). The lowest BCUT2D eigenvalue weighted by atomic mass is 10.3. The van der Waals surface area contributed by atoms with Crippen molar-refractivity contribution in [2.45, 2.75) is 39.9 Å². The van der Waals surface area contributed by atoms with Crippen LogP contribution >= 0.6 is 22.7 Å². The summed E-state index contributed by atoms with van der Waals surface area (Å²) in [5.41, 5.74) is 0.944. The van der Waals surface area contributed by atoms with Crippen molar-refractivity contribution in [3.63, 3.8) is 0 Å². The Kier molecular flexibility index (Phi) is 7.10. The largest absolute Gasteiger partial charge is 0.353 e. The summed E-state index contributed by atoms with van der Waals surface area (Å²) < 4.78 is 0. The molecule has 25 heavy (non-hydrogen) atoms. The van der Waals surface area contributed by atoms with Gasteiger partial charge < -0.3 is 10.6 Å². The summed E-state index contributed by atoms with van der Waals surface area (Å²) in [6.07, 6.45) is 0. The van der Waals surface area contributed by atoms with Crippen LogP contribution in [0.1, 0.15) is 30.7 Å². The Labute approximate surface area is 156 Å². The van der Waals surface area contributed by atoms with Crippen molar-refractivity contribution >= 4 is 34.5 Å². The third kappa shape index (κ3) is 6.56. The van der Waals surface area contributed by atoms with Gasteiger partial charge in [0.25, 0.3) is 0 Å². The van der Waals surface area contributed by atoms with Crippen molar-refractivity contribution < 1.29 is 9.59 Å². The second-order valence-corrected chi connectivity index (χ2v) is 8.31. The molecule has 0 atom stereocenters. The first kappa shape index (κ1) is 19.6. The molecule has 2 aromatic heterocycles. The van der Waals surface area contributed by atoms with Gasteiger partial charge in [-0.05, 0) is 33.0 Å². The lowest BCUT2D eigenvalue weighted by Crippen LogP contribution is -2.38. The predicted octanol–water partition coefficient (Wildman–Crippen LogP) is 2.46. The van der Waals surface area contributed by atoms with Crippen LogP contribution in [-0.2, 0) is 22.7 Å². The first-order chi connectivity index (χ1) is 11.8. The number of carbonyl (C=O) groups is 2. The Hall–Kier alpha value is -1.77. The zero-order valence-corrected chi connectivity index (χ0v) is 16.6. The topological polar surface area (TPSA) is 74.3 Å². The highest BCUT2D eigenvalue weighted by molar-refractivity contribution is 7.16. The molecule has 2 aromatic rings. The van der Waals surface area contributed by atoms with Gasteiger partial charge in [-0.3, -0.25) is 14.5 Å². The van der Waals surface area contributed by atoms with Gasteiger partial charge >= 0.3 is 0 Å².